The van der Waals surface area contributed by atoms with Gasteiger partial charge in [-0.15, -0.1) is 0 Å². The van der Waals surface area contributed by atoms with E-state index in [4.69, 9.17) is 0 Å². The van der Waals surface area contributed by atoms with Crippen LogP contribution in [0.15, 0.2) is 61.2 Å². The van der Waals surface area contributed by atoms with E-state index in [1.54, 1.807) is 30.3 Å². The maximum absolute atomic E-state index is 14.2. The molecule has 0 spiro atoms. The van der Waals surface area contributed by atoms with E-state index in [0.717, 1.165) is 17.0 Å². The number of carbonyl (C=O) groups excluding carboxylic acids is 2. The van der Waals surface area contributed by atoms with Crippen LogP contribution < -0.4 is 4.90 Å². The molecular formula is C18H14F2N4O2. The van der Waals surface area contributed by atoms with Gasteiger partial charge in [-0.1, -0.05) is 30.3 Å². The normalized spacial score (nSPS) is 10.5. The molecule has 1 heterocycles. The zero-order valence-corrected chi connectivity index (χ0v) is 13.5. The highest BCUT2D eigenvalue weighted by Crippen LogP contribution is 2.21. The molecule has 0 N–H and O–H groups in total. The van der Waals surface area contributed by atoms with Crippen LogP contribution in [0.1, 0.15) is 10.4 Å². The van der Waals surface area contributed by atoms with Crippen molar-refractivity contribution in [2.75, 3.05) is 11.4 Å². The molecule has 0 aliphatic rings. The summed E-state index contributed by atoms with van der Waals surface area (Å²) in [6.07, 6.45) is 2.58. The predicted molar refractivity (Wildman–Crippen MR) is 89.5 cm³/mol. The Morgan fingerprint density at radius 1 is 1.08 bits per heavy atom. The minimum absolute atomic E-state index is 0.180. The molecule has 0 aliphatic heterocycles. The lowest BCUT2D eigenvalue weighted by Crippen LogP contribution is -2.38. The molecule has 1 amide bonds. The standard InChI is InChI=1S/C18H14F2N4O2/c19-14-6-7-16(15(20)8-14)24(18(26)10-23-12-21-11-22-23)9-17(25)13-4-2-1-3-5-13/h1-8,11-12H,9-10H2. The van der Waals surface area contributed by atoms with E-state index in [0.29, 0.717) is 11.6 Å². The maximum atomic E-state index is 14.2. The average molecular weight is 356 g/mol. The van der Waals surface area contributed by atoms with Crippen molar-refractivity contribution in [2.24, 2.45) is 0 Å². The molecule has 8 heteroatoms. The Balaban J connectivity index is 1.90. The molecule has 0 radical (unpaired) electrons. The summed E-state index contributed by atoms with van der Waals surface area (Å²) in [6.45, 7) is -0.626. The third kappa shape index (κ3) is 3.97. The number of amides is 1. The molecule has 3 rings (SSSR count). The van der Waals surface area contributed by atoms with Crippen molar-refractivity contribution in [3.05, 3.63) is 78.4 Å². The number of benzene rings is 2. The Kier molecular flexibility index (Phi) is 5.12. The molecule has 0 aliphatic carbocycles. The first kappa shape index (κ1) is 17.4. The van der Waals surface area contributed by atoms with Crippen LogP contribution in [0.3, 0.4) is 0 Å². The Morgan fingerprint density at radius 3 is 2.50 bits per heavy atom. The number of halogens is 2. The monoisotopic (exact) mass is 356 g/mol. The van der Waals surface area contributed by atoms with Gasteiger partial charge in [-0.05, 0) is 12.1 Å². The number of aromatic nitrogens is 3. The smallest absolute Gasteiger partial charge is 0.249 e. The van der Waals surface area contributed by atoms with Crippen LogP contribution in [-0.2, 0) is 11.3 Å². The highest BCUT2D eigenvalue weighted by atomic mass is 19.1. The van der Waals surface area contributed by atoms with Crippen molar-refractivity contribution < 1.29 is 18.4 Å². The van der Waals surface area contributed by atoms with Gasteiger partial charge in [0.15, 0.2) is 5.78 Å². The topological polar surface area (TPSA) is 68.1 Å². The molecule has 2 aromatic carbocycles. The van der Waals surface area contributed by atoms with E-state index in [1.165, 1.54) is 17.3 Å². The van der Waals surface area contributed by atoms with Gasteiger partial charge in [0.1, 0.15) is 30.8 Å². The molecule has 3 aromatic rings. The van der Waals surface area contributed by atoms with Crippen LogP contribution in [0, 0.1) is 11.6 Å². The summed E-state index contributed by atoms with van der Waals surface area (Å²) in [5.74, 6) is -2.66. The quantitative estimate of drug-likeness (QED) is 0.637. The number of anilines is 1. The molecule has 26 heavy (non-hydrogen) atoms. The SMILES string of the molecule is O=C(CN(C(=O)Cn1cncn1)c1ccc(F)cc1F)c1ccccc1. The number of ketones is 1. The molecule has 1 aromatic heterocycles. The summed E-state index contributed by atoms with van der Waals surface area (Å²) in [5, 5.41) is 3.83. The summed E-state index contributed by atoms with van der Waals surface area (Å²) in [7, 11) is 0. The van der Waals surface area contributed by atoms with E-state index >= 15 is 0 Å². The summed E-state index contributed by atoms with van der Waals surface area (Å²) >= 11 is 0. The number of hydrogen-bond donors (Lipinski definition) is 0. The van der Waals surface area contributed by atoms with Gasteiger partial charge >= 0.3 is 0 Å². The number of Topliss-reactive ketones (excluding diaryl/α,β-unsaturated/α-hetero) is 1. The van der Waals surface area contributed by atoms with Gasteiger partial charge in [0.05, 0.1) is 12.2 Å². The highest BCUT2D eigenvalue weighted by Gasteiger charge is 2.23. The average Bonchev–Trinajstić information content (AvgIpc) is 3.14. The van der Waals surface area contributed by atoms with E-state index < -0.39 is 17.5 Å². The van der Waals surface area contributed by atoms with Gasteiger partial charge in [-0.2, -0.15) is 5.10 Å². The minimum atomic E-state index is -0.933. The lowest BCUT2D eigenvalue weighted by molar-refractivity contribution is -0.119. The molecule has 0 unspecified atom stereocenters. The second-order valence-electron chi connectivity index (χ2n) is 5.46. The molecular weight excluding hydrogens is 342 g/mol. The zero-order chi connectivity index (χ0) is 18.5. The Hall–Kier alpha value is -3.42. The second kappa shape index (κ2) is 7.64. The summed E-state index contributed by atoms with van der Waals surface area (Å²) in [4.78, 5) is 29.8. The number of hydrogen-bond acceptors (Lipinski definition) is 4. The van der Waals surface area contributed by atoms with E-state index in [-0.39, 0.29) is 24.6 Å². The van der Waals surface area contributed by atoms with Gasteiger partial charge in [0.2, 0.25) is 5.91 Å². The fourth-order valence-electron chi connectivity index (χ4n) is 2.41. The Bertz CT molecular complexity index is 914. The maximum Gasteiger partial charge on any atom is 0.249 e. The lowest BCUT2D eigenvalue weighted by atomic mass is 10.1. The van der Waals surface area contributed by atoms with Gasteiger partial charge in [-0.3, -0.25) is 9.59 Å². The summed E-state index contributed by atoms with van der Waals surface area (Å²) < 4.78 is 28.7. The molecule has 0 atom stereocenters. The first-order valence-electron chi connectivity index (χ1n) is 7.70. The van der Waals surface area contributed by atoms with Crippen LogP contribution >= 0.6 is 0 Å². The van der Waals surface area contributed by atoms with Crippen molar-refractivity contribution in [2.45, 2.75) is 6.54 Å². The van der Waals surface area contributed by atoms with Crippen LogP contribution in [0.5, 0.6) is 0 Å². The first-order valence-corrected chi connectivity index (χ1v) is 7.70. The molecule has 0 bridgehead atoms. The van der Waals surface area contributed by atoms with Crippen molar-refractivity contribution >= 4 is 17.4 Å². The van der Waals surface area contributed by atoms with Crippen molar-refractivity contribution in [3.63, 3.8) is 0 Å². The first-order chi connectivity index (χ1) is 12.5. The van der Waals surface area contributed by atoms with Crippen molar-refractivity contribution in [1.29, 1.82) is 0 Å². The molecule has 0 saturated heterocycles. The van der Waals surface area contributed by atoms with Gasteiger partial charge in [0.25, 0.3) is 0 Å². The molecule has 132 valence electrons. The largest absolute Gasteiger partial charge is 0.300 e. The third-order valence-electron chi connectivity index (χ3n) is 3.66. The van der Waals surface area contributed by atoms with Crippen LogP contribution in [0.2, 0.25) is 0 Å². The van der Waals surface area contributed by atoms with E-state index in [9.17, 15) is 18.4 Å². The third-order valence-corrected chi connectivity index (χ3v) is 3.66. The number of carbonyl (C=O) groups is 2. The fourth-order valence-corrected chi connectivity index (χ4v) is 2.41. The van der Waals surface area contributed by atoms with Crippen LogP contribution in [-0.4, -0.2) is 33.0 Å². The van der Waals surface area contributed by atoms with Crippen molar-refractivity contribution in [3.8, 4) is 0 Å². The van der Waals surface area contributed by atoms with Crippen LogP contribution in [0.4, 0.5) is 14.5 Å². The summed E-state index contributed by atoms with van der Waals surface area (Å²) in [5.41, 5.74) is 0.203. The predicted octanol–water partition coefficient (Wildman–Crippen LogP) is 2.47. The Morgan fingerprint density at radius 2 is 1.85 bits per heavy atom. The van der Waals surface area contributed by atoms with Crippen LogP contribution in [0.25, 0.3) is 0 Å². The zero-order valence-electron chi connectivity index (χ0n) is 13.5. The molecule has 0 saturated carbocycles. The summed E-state index contributed by atoms with van der Waals surface area (Å²) in [6, 6.07) is 11.2. The second-order valence-corrected chi connectivity index (χ2v) is 5.46. The van der Waals surface area contributed by atoms with Crippen molar-refractivity contribution in [1.82, 2.24) is 14.8 Å². The van der Waals surface area contributed by atoms with E-state index in [1.807, 2.05) is 0 Å². The highest BCUT2D eigenvalue weighted by molar-refractivity contribution is 6.05. The number of nitrogens with zero attached hydrogens (tertiary/aromatic N) is 4. The number of rotatable bonds is 6. The van der Waals surface area contributed by atoms with Gasteiger partial charge < -0.3 is 4.90 Å². The van der Waals surface area contributed by atoms with Gasteiger partial charge in [0, 0.05) is 11.6 Å². The Labute approximate surface area is 147 Å². The van der Waals surface area contributed by atoms with Gasteiger partial charge in [-0.25, -0.2) is 18.4 Å². The fraction of sp³-hybridized carbons (Fsp3) is 0.111. The minimum Gasteiger partial charge on any atom is -0.300 e. The lowest BCUT2D eigenvalue weighted by Gasteiger charge is -2.22. The van der Waals surface area contributed by atoms with E-state index in [2.05, 4.69) is 10.1 Å². The molecule has 6 nitrogen and oxygen atoms in total. The molecule has 0 fully saturated rings.